The van der Waals surface area contributed by atoms with Gasteiger partial charge in [-0.25, -0.2) is 9.97 Å². The third-order valence-electron chi connectivity index (χ3n) is 33.6. The normalized spacial score (nSPS) is 33.4. The van der Waals surface area contributed by atoms with Crippen molar-refractivity contribution in [2.24, 2.45) is 32.9 Å². The van der Waals surface area contributed by atoms with E-state index < -0.39 is 120 Å². The van der Waals surface area contributed by atoms with Gasteiger partial charge in [0.2, 0.25) is 0 Å². The van der Waals surface area contributed by atoms with Gasteiger partial charge in [0.1, 0.15) is 34.5 Å². The van der Waals surface area contributed by atoms with Crippen LogP contribution in [-0.4, -0.2) is 290 Å². The van der Waals surface area contributed by atoms with Crippen molar-refractivity contribution in [3.63, 3.8) is 0 Å². The number of amides is 2. The Morgan fingerprint density at radius 3 is 1.64 bits per heavy atom. The topological polar surface area (TPSA) is 422 Å². The van der Waals surface area contributed by atoms with Crippen LogP contribution in [0.25, 0.3) is 42.7 Å². The summed E-state index contributed by atoms with van der Waals surface area (Å²) in [7, 11) is 7.31. The Kier molecular flexibility index (Phi) is 26.1. The zero-order valence-electron chi connectivity index (χ0n) is 80.9. The number of thioether (sulfide) groups is 1. The fourth-order valence-corrected chi connectivity index (χ4v) is 38.7. The summed E-state index contributed by atoms with van der Waals surface area (Å²) in [6.45, 7) is 25.0. The number of fused-ring (bicyclic) bond motifs is 10. The molecule has 2 bridgehead atoms. The fraction of sp³-hybridized carbons (Fsp3) is 0.600. The van der Waals surface area contributed by atoms with Crippen LogP contribution in [0.2, 0.25) is 32.2 Å². The van der Waals surface area contributed by atoms with Crippen molar-refractivity contribution in [2.75, 3.05) is 130 Å². The van der Waals surface area contributed by atoms with E-state index in [1.165, 1.54) is 14.2 Å². The van der Waals surface area contributed by atoms with Gasteiger partial charge >= 0.3 is 11.9 Å². The Balaban J connectivity index is 0.000000195. The minimum absolute atomic E-state index is 0.108. The maximum absolute atomic E-state index is 15.6. The number of likely N-dealkylation sites (N-methyl/N-ethyl adjacent to an activating group) is 3. The maximum atomic E-state index is 15.6. The first-order chi connectivity index (χ1) is 64.4. The van der Waals surface area contributed by atoms with Crippen LogP contribution in [0.15, 0.2) is 125 Å². The Morgan fingerprint density at radius 2 is 1.13 bits per heavy atom. The number of piperidine rings is 1. The highest BCUT2D eigenvalue weighted by molar-refractivity contribution is 8.00. The van der Waals surface area contributed by atoms with E-state index in [1.807, 2.05) is 112 Å². The molecule has 12 heterocycles. The summed E-state index contributed by atoms with van der Waals surface area (Å²) in [5, 5.41) is 90.0. The van der Waals surface area contributed by atoms with Crippen LogP contribution in [0.1, 0.15) is 156 Å². The summed E-state index contributed by atoms with van der Waals surface area (Å²) in [4.78, 5) is 95.4. The molecule has 1 unspecified atom stereocenters. The van der Waals surface area contributed by atoms with E-state index >= 15 is 14.4 Å². The largest absolute Gasteiger partial charge is 0.496 e. The predicted molar refractivity (Wildman–Crippen MR) is 523 cm³/mol. The fourth-order valence-electron chi connectivity index (χ4n) is 28.4. The van der Waals surface area contributed by atoms with Gasteiger partial charge in [0, 0.05) is 196 Å². The number of anilines is 2. The SMILES string of the molecule is CC[C@]1(O)C[C@@H]2CN(CCc3c([nH]c4ccccc34)[C@@](C(=O)OC)(c3cc4c(cc3OC)N(C)[C@H]3[C@@](O)(C(=O)NCCC[Si](C)(C)O[Si](C)(C)CSc5ncc(CN=[N+]=[N-])cn5)[C@H](O)[C@]5(CC)C=CCN6CC[C@]43[C@@H]65)C2)C1.CC[C@]1(O)C[C@H](C)C[C@](C(=O)OC)(c2cc3c(cc2OC)N(C)[C@H]2[C@@](O)(C(=O)N=[N+]=[N-])[C@H](O)[C@]4(CC)C=CCN5CC[C@]32[C@@H]54)c2[nH]c3ccccc3c2CCN(C)C1. The first kappa shape index (κ1) is 97.4. The molecule has 2 spiro atoms. The average Bonchev–Trinajstić information content (AvgIpc) is 1.49. The van der Waals surface area contributed by atoms with Crippen molar-refractivity contribution in [1.82, 2.24) is 44.9 Å². The number of hydrogen-bond acceptors (Lipinski definition) is 25. The van der Waals surface area contributed by atoms with Crippen LogP contribution in [0.3, 0.4) is 0 Å². The van der Waals surface area contributed by atoms with Crippen molar-refractivity contribution in [3.8, 4) is 11.5 Å². The van der Waals surface area contributed by atoms with E-state index in [-0.39, 0.29) is 43.4 Å². The average molecular weight is 1900 g/mol. The number of nitrogens with one attached hydrogen (secondary N) is 3. The lowest BCUT2D eigenvalue weighted by molar-refractivity contribution is -0.203. The van der Waals surface area contributed by atoms with Gasteiger partial charge < -0.3 is 83.7 Å². The summed E-state index contributed by atoms with van der Waals surface area (Å²) in [5.74, 6) is -2.09. The standard InChI is InChI=1S/C56H78N10O8SSi2.C44H57N7O7/c1-10-52(70)28-36-29-55(50(69)73-5,45-39(18-23-65(33-36)34-52)38-16-12-13-17-42(38)62-45)41-26-40-43(27-44(41)72-4)64(3)47-54(40)20-24-66-22-14-19-53(11-2,46(54)66)48(67)56(47,71)49(68)58-21-15-25-76(6,7)74-77(8,9)35-75-51-59-30-37(31-60-51)32-61-63-57;1-8-40(55)23-26(3)24-43(39(54)58-7,34-28(15-19-49(4)25-40)27-13-10-11-14-31(27)46-34)30-21-29-32(22-33(30)57-6)50(5)36-42(29)17-20-51-18-12-16-41(9-2,35(42)51)37(52)44(36,56)38(53)47-48-45/h12-14,16-17,19,26-27,30-31,36,46-48,62,67,70-71H,10-11,15,18,20-25,28-29,32-35H2,1-9H3,(H,58,68);10-14,16,21-22,26,35-37,46,52,55-56H,8-9,15,17-20,23-25H2,1-7H3/t36-,46-,47+,48+,52-,53+,54+,55-,56-;26-,35-,36+,37+,40-,41+,42+,43-,44-/m00/s1. The van der Waals surface area contributed by atoms with Gasteiger partial charge in [-0.05, 0) is 216 Å². The zero-order valence-corrected chi connectivity index (χ0v) is 83.7. The quantitative estimate of drug-likeness (QED) is 0.00330. The molecule has 11 aliphatic rings. The van der Waals surface area contributed by atoms with E-state index in [0.717, 1.165) is 72.4 Å². The lowest BCUT2D eigenvalue weighted by Crippen LogP contribution is -2.81. The molecule has 135 heavy (non-hydrogen) atoms. The molecule has 2 aliphatic carbocycles. The van der Waals surface area contributed by atoms with Crippen LogP contribution < -0.4 is 24.6 Å². The molecule has 0 radical (unpaired) electrons. The van der Waals surface area contributed by atoms with Crippen molar-refractivity contribution in [3.05, 3.63) is 181 Å². The number of benzene rings is 4. The van der Waals surface area contributed by atoms with Crippen molar-refractivity contribution >= 4 is 85.3 Å². The summed E-state index contributed by atoms with van der Waals surface area (Å²) < 4.78 is 31.7. The molecule has 2 saturated carbocycles. The smallest absolute Gasteiger partial charge is 0.322 e. The first-order valence-electron chi connectivity index (χ1n) is 48.2. The number of esters is 2. The number of methoxy groups -OCH3 is 4. The highest BCUT2D eigenvalue weighted by atomic mass is 32.2. The molecule has 4 aromatic carbocycles. The van der Waals surface area contributed by atoms with Gasteiger partial charge in [-0.1, -0.05) is 112 Å². The second kappa shape index (κ2) is 36.2. The Labute approximate surface area is 796 Å². The number of aromatic amines is 2. The number of para-hydroxylation sites is 2. The van der Waals surface area contributed by atoms with E-state index in [9.17, 15) is 41.0 Å². The van der Waals surface area contributed by atoms with Crippen LogP contribution in [0.5, 0.6) is 11.5 Å². The van der Waals surface area contributed by atoms with Crippen molar-refractivity contribution in [2.45, 2.75) is 242 Å². The van der Waals surface area contributed by atoms with Crippen molar-refractivity contribution in [1.29, 1.82) is 0 Å². The molecule has 9 aliphatic heterocycles. The third-order valence-corrected chi connectivity index (χ3v) is 43.4. The van der Waals surface area contributed by atoms with E-state index in [1.54, 1.807) is 45.4 Å². The number of hydrogen-bond donors (Lipinski definition) is 9. The minimum atomic E-state index is -2.50. The second-order valence-electron chi connectivity index (χ2n) is 42.0. The second-order valence-corrected chi connectivity index (χ2v) is 52.2. The molecule has 9 N–H and O–H groups in total. The number of azide groups is 2. The van der Waals surface area contributed by atoms with E-state index in [4.69, 9.17) is 28.6 Å². The van der Waals surface area contributed by atoms with Gasteiger partial charge in [0.15, 0.2) is 33.0 Å². The van der Waals surface area contributed by atoms with Crippen molar-refractivity contribution < 1.29 is 72.9 Å². The van der Waals surface area contributed by atoms with Gasteiger partial charge in [0.25, 0.3) is 11.8 Å². The number of nitrogens with zero attached hydrogens (tertiary/aromatic N) is 14. The molecular formula is C100H135N17O15SSi2. The lowest BCUT2D eigenvalue weighted by atomic mass is 9.47. The number of H-pyrrole nitrogens is 2. The number of rotatable bonds is 23. The van der Waals surface area contributed by atoms with Crippen LogP contribution in [-0.2, 0) is 73.8 Å². The number of carbonyl (C=O) groups excluding carboxylic acids is 4. The lowest BCUT2D eigenvalue weighted by Gasteiger charge is -2.63. The number of aromatic nitrogens is 4. The Hall–Kier alpha value is -9.24. The van der Waals surface area contributed by atoms with Gasteiger partial charge in [-0.2, -0.15) is 0 Å². The molecule has 19 atom stereocenters. The molecule has 2 amide bonds. The van der Waals surface area contributed by atoms with E-state index in [2.05, 4.69) is 134 Å². The van der Waals surface area contributed by atoms with Crippen LogP contribution in [0.4, 0.5) is 11.4 Å². The Bertz CT molecular complexity index is 5930. The zero-order chi connectivity index (χ0) is 96.5. The number of ether oxygens (including phenoxy) is 4. The number of aliphatic hydroxyl groups excluding tert-OH is 2. The molecule has 35 heteroatoms. The highest BCUT2D eigenvalue weighted by Gasteiger charge is 2.81. The van der Waals surface area contributed by atoms with E-state index in [0.29, 0.717) is 175 Å². The maximum Gasteiger partial charge on any atom is 0.322 e. The first-order valence-corrected chi connectivity index (χ1v) is 55.4. The predicted octanol–water partition coefficient (Wildman–Crippen LogP) is 11.8. The number of β-amino-alcohol motifs (C(OH)–C–C–N with tert-alkyl or cyclic N) is 1. The molecule has 7 aromatic rings. The summed E-state index contributed by atoms with van der Waals surface area (Å²) in [6, 6.07) is 22.4. The van der Waals surface area contributed by atoms with Crippen LogP contribution in [0, 0.1) is 22.7 Å². The monoisotopic (exact) mass is 1900 g/mol. The number of aliphatic hydroxyl groups is 6. The minimum Gasteiger partial charge on any atom is -0.496 e. The highest BCUT2D eigenvalue weighted by Crippen LogP contribution is 2.71. The molecular weight excluding hydrogens is 1770 g/mol. The molecule has 3 aromatic heterocycles. The third kappa shape index (κ3) is 15.2. The summed E-state index contributed by atoms with van der Waals surface area (Å²) in [5.41, 5.74) is 14.9. The molecule has 18 rings (SSSR count). The molecule has 32 nitrogen and oxygen atoms in total. The molecule has 724 valence electrons. The van der Waals surface area contributed by atoms with Gasteiger partial charge in [0.05, 0.1) is 58.3 Å². The Morgan fingerprint density at radius 1 is 0.622 bits per heavy atom. The number of carbonyl (C=O) groups is 4. The summed E-state index contributed by atoms with van der Waals surface area (Å²) in [6.07, 6.45) is 14.8. The van der Waals surface area contributed by atoms with Crippen LogP contribution >= 0.6 is 11.8 Å². The molecule has 3 saturated heterocycles. The molecule has 5 fully saturated rings. The van der Waals surface area contributed by atoms with Gasteiger partial charge in [-0.3, -0.25) is 33.9 Å². The summed E-state index contributed by atoms with van der Waals surface area (Å²) >= 11 is 1.56. The van der Waals surface area contributed by atoms with Gasteiger partial charge in [-0.15, -0.1) is 0 Å².